The van der Waals surface area contributed by atoms with E-state index in [2.05, 4.69) is 20.3 Å². The summed E-state index contributed by atoms with van der Waals surface area (Å²) in [6.07, 6.45) is 1.74. The van der Waals surface area contributed by atoms with E-state index in [0.29, 0.717) is 24.9 Å². The number of hydrogen-bond donors (Lipinski definition) is 2. The summed E-state index contributed by atoms with van der Waals surface area (Å²) in [4.78, 5) is 24.6. The van der Waals surface area contributed by atoms with Gasteiger partial charge < -0.3 is 15.0 Å². The lowest BCUT2D eigenvalue weighted by molar-refractivity contribution is 0.101. The number of ether oxygens (including phenoxy) is 1. The largest absolute Gasteiger partial charge is 0.377 e. The molecule has 3 rings (SSSR count). The Labute approximate surface area is 169 Å². The van der Waals surface area contributed by atoms with Gasteiger partial charge in [-0.05, 0) is 26.8 Å². The molecule has 0 spiro atoms. The Bertz CT molecular complexity index is 908. The summed E-state index contributed by atoms with van der Waals surface area (Å²) in [7, 11) is 0. The van der Waals surface area contributed by atoms with E-state index in [4.69, 9.17) is 4.74 Å². The number of ketones is 1. The zero-order valence-electron chi connectivity index (χ0n) is 15.1. The van der Waals surface area contributed by atoms with Crippen molar-refractivity contribution in [3.05, 3.63) is 53.1 Å². The Hall–Kier alpha value is -2.00. The molecule has 6 nitrogen and oxygen atoms in total. The molecule has 2 N–H and O–H groups in total. The van der Waals surface area contributed by atoms with Gasteiger partial charge in [-0.3, -0.25) is 4.79 Å². The number of rotatable bonds is 7. The van der Waals surface area contributed by atoms with Crippen LogP contribution in [0.4, 0.5) is 5.82 Å². The fourth-order valence-corrected chi connectivity index (χ4v) is 2.85. The van der Waals surface area contributed by atoms with E-state index in [1.165, 1.54) is 0 Å². The molecule has 0 unspecified atom stereocenters. The molecule has 0 fully saturated rings. The van der Waals surface area contributed by atoms with E-state index in [1.807, 2.05) is 45.0 Å². The van der Waals surface area contributed by atoms with Crippen molar-refractivity contribution in [2.24, 2.45) is 0 Å². The van der Waals surface area contributed by atoms with E-state index in [0.717, 1.165) is 27.7 Å². The maximum Gasteiger partial charge on any atom is 0.184 e. The first-order chi connectivity index (χ1) is 12.1. The van der Waals surface area contributed by atoms with E-state index in [9.17, 15) is 4.79 Å². The van der Waals surface area contributed by atoms with Crippen LogP contribution in [-0.2, 0) is 11.3 Å². The minimum Gasteiger partial charge on any atom is -0.377 e. The van der Waals surface area contributed by atoms with Crippen molar-refractivity contribution in [2.75, 3.05) is 18.5 Å². The van der Waals surface area contributed by atoms with Crippen LogP contribution >= 0.6 is 24.0 Å². The van der Waals surface area contributed by atoms with Crippen LogP contribution in [0.1, 0.15) is 34.4 Å². The van der Waals surface area contributed by atoms with Crippen LogP contribution in [0.2, 0.25) is 0 Å². The summed E-state index contributed by atoms with van der Waals surface area (Å²) < 4.78 is 5.45. The molecule has 0 aliphatic carbocycles. The Morgan fingerprint density at radius 2 is 2.04 bits per heavy atom. The van der Waals surface area contributed by atoms with Crippen LogP contribution in [0, 0.1) is 13.8 Å². The fraction of sp³-hybridized carbons (Fsp3) is 0.316. The van der Waals surface area contributed by atoms with Crippen molar-refractivity contribution in [2.45, 2.75) is 27.4 Å². The van der Waals surface area contributed by atoms with Gasteiger partial charge in [-0.1, -0.05) is 18.2 Å². The molecule has 26 heavy (non-hydrogen) atoms. The SMILES string of the molecule is CCOCc1cnc(C)nc1NCC(=O)c1c(C)[nH]c2ccccc12.I. The second kappa shape index (κ2) is 9.09. The summed E-state index contributed by atoms with van der Waals surface area (Å²) in [5.74, 6) is 1.32. The first-order valence-electron chi connectivity index (χ1n) is 8.34. The van der Waals surface area contributed by atoms with Crippen LogP contribution in [0.3, 0.4) is 0 Å². The number of benzene rings is 1. The van der Waals surface area contributed by atoms with Gasteiger partial charge in [0.05, 0.1) is 13.2 Å². The van der Waals surface area contributed by atoms with Crippen molar-refractivity contribution in [3.63, 3.8) is 0 Å². The molecule has 3 aromatic rings. The Morgan fingerprint density at radius 3 is 2.81 bits per heavy atom. The lowest BCUT2D eigenvalue weighted by Crippen LogP contribution is -2.17. The highest BCUT2D eigenvalue weighted by Crippen LogP contribution is 2.22. The second-order valence-electron chi connectivity index (χ2n) is 5.88. The molecule has 0 bridgehead atoms. The smallest absolute Gasteiger partial charge is 0.184 e. The molecule has 0 aliphatic heterocycles. The second-order valence-corrected chi connectivity index (χ2v) is 5.88. The number of anilines is 1. The van der Waals surface area contributed by atoms with Crippen molar-refractivity contribution in [1.82, 2.24) is 15.0 Å². The summed E-state index contributed by atoms with van der Waals surface area (Å²) in [5.41, 5.74) is 3.41. The normalized spacial score (nSPS) is 10.6. The Kier molecular flexibility index (Phi) is 7.10. The summed E-state index contributed by atoms with van der Waals surface area (Å²) in [5, 5.41) is 4.09. The van der Waals surface area contributed by atoms with Gasteiger partial charge in [-0.15, -0.1) is 24.0 Å². The topological polar surface area (TPSA) is 79.9 Å². The number of nitrogens with one attached hydrogen (secondary N) is 2. The molecular weight excluding hydrogens is 443 g/mol. The average Bonchev–Trinajstić information content (AvgIpc) is 2.94. The predicted molar refractivity (Wildman–Crippen MR) is 113 cm³/mol. The molecule has 0 saturated heterocycles. The number of Topliss-reactive ketones (excluding diaryl/α,β-unsaturated/α-hetero) is 1. The minimum absolute atomic E-state index is 0. The molecule has 2 aromatic heterocycles. The van der Waals surface area contributed by atoms with Crippen molar-refractivity contribution in [1.29, 1.82) is 0 Å². The maximum atomic E-state index is 12.8. The number of aromatic nitrogens is 3. The quantitative estimate of drug-likeness (QED) is 0.406. The lowest BCUT2D eigenvalue weighted by Gasteiger charge is -2.11. The molecule has 7 heteroatoms. The molecule has 0 amide bonds. The number of halogens is 1. The third-order valence-corrected chi connectivity index (χ3v) is 4.04. The zero-order chi connectivity index (χ0) is 17.8. The summed E-state index contributed by atoms with van der Waals surface area (Å²) in [6, 6.07) is 7.82. The number of carbonyl (C=O) groups excluding carboxylic acids is 1. The van der Waals surface area contributed by atoms with Gasteiger partial charge in [0.25, 0.3) is 0 Å². The van der Waals surface area contributed by atoms with Crippen LogP contribution in [-0.4, -0.2) is 33.9 Å². The first kappa shape index (κ1) is 20.3. The third kappa shape index (κ3) is 4.39. The standard InChI is InChI=1S/C19H22N4O2.HI/c1-4-25-11-14-9-20-13(3)23-19(14)21-10-17(24)18-12(2)22-16-8-6-5-7-15(16)18;/h5-9,22H,4,10-11H2,1-3H3,(H,20,21,23);1H. The van der Waals surface area contributed by atoms with E-state index in [1.54, 1.807) is 6.20 Å². The molecular formula is C19H23IN4O2. The van der Waals surface area contributed by atoms with Crippen molar-refractivity contribution >= 4 is 46.5 Å². The van der Waals surface area contributed by atoms with Gasteiger partial charge >= 0.3 is 0 Å². The third-order valence-electron chi connectivity index (χ3n) is 4.04. The average molecular weight is 466 g/mol. The number of H-pyrrole nitrogens is 1. The van der Waals surface area contributed by atoms with Crippen LogP contribution in [0.5, 0.6) is 0 Å². The molecule has 138 valence electrons. The number of aromatic amines is 1. The number of carbonyl (C=O) groups is 1. The molecule has 1 aromatic carbocycles. The first-order valence-corrected chi connectivity index (χ1v) is 8.34. The highest BCUT2D eigenvalue weighted by atomic mass is 127. The molecule has 2 heterocycles. The highest BCUT2D eigenvalue weighted by Gasteiger charge is 2.16. The van der Waals surface area contributed by atoms with Gasteiger partial charge in [-0.25, -0.2) is 9.97 Å². The lowest BCUT2D eigenvalue weighted by atomic mass is 10.1. The van der Waals surface area contributed by atoms with Crippen molar-refractivity contribution < 1.29 is 9.53 Å². The number of aryl methyl sites for hydroxylation is 2. The van der Waals surface area contributed by atoms with Gasteiger partial charge in [0.2, 0.25) is 0 Å². The van der Waals surface area contributed by atoms with Gasteiger partial charge in [0.1, 0.15) is 11.6 Å². The summed E-state index contributed by atoms with van der Waals surface area (Å²) >= 11 is 0. The van der Waals surface area contributed by atoms with Gasteiger partial charge in [0, 0.05) is 40.5 Å². The number of para-hydroxylation sites is 1. The predicted octanol–water partition coefficient (Wildman–Crippen LogP) is 4.02. The van der Waals surface area contributed by atoms with Gasteiger partial charge in [0.15, 0.2) is 5.78 Å². The van der Waals surface area contributed by atoms with E-state index in [-0.39, 0.29) is 36.3 Å². The van der Waals surface area contributed by atoms with E-state index < -0.39 is 0 Å². The van der Waals surface area contributed by atoms with Gasteiger partial charge in [-0.2, -0.15) is 0 Å². The van der Waals surface area contributed by atoms with Crippen molar-refractivity contribution in [3.8, 4) is 0 Å². The number of nitrogens with zero attached hydrogens (tertiary/aromatic N) is 2. The van der Waals surface area contributed by atoms with E-state index >= 15 is 0 Å². The molecule has 0 radical (unpaired) electrons. The minimum atomic E-state index is 0. The zero-order valence-corrected chi connectivity index (χ0v) is 17.5. The molecule has 0 aliphatic rings. The highest BCUT2D eigenvalue weighted by molar-refractivity contribution is 14.0. The summed E-state index contributed by atoms with van der Waals surface area (Å²) in [6.45, 7) is 6.87. The monoisotopic (exact) mass is 466 g/mol. The fourth-order valence-electron chi connectivity index (χ4n) is 2.85. The number of hydrogen-bond acceptors (Lipinski definition) is 5. The molecule has 0 atom stereocenters. The Balaban J connectivity index is 0.00000243. The van der Waals surface area contributed by atoms with Crippen LogP contribution < -0.4 is 5.32 Å². The van der Waals surface area contributed by atoms with Crippen LogP contribution in [0.25, 0.3) is 10.9 Å². The van der Waals surface area contributed by atoms with Crippen LogP contribution in [0.15, 0.2) is 30.5 Å². The Morgan fingerprint density at radius 1 is 1.27 bits per heavy atom. The number of fused-ring (bicyclic) bond motifs is 1. The maximum absolute atomic E-state index is 12.8. The molecule has 0 saturated carbocycles.